The third-order valence-corrected chi connectivity index (χ3v) is 6.55. The van der Waals surface area contributed by atoms with Gasteiger partial charge in [0.25, 0.3) is 5.91 Å². The molecule has 36 heavy (non-hydrogen) atoms. The fourth-order valence-electron chi connectivity index (χ4n) is 3.42. The molecule has 2 N–H and O–H groups in total. The van der Waals surface area contributed by atoms with Gasteiger partial charge in [0.05, 0.1) is 28.3 Å². The van der Waals surface area contributed by atoms with E-state index in [0.29, 0.717) is 32.2 Å². The Morgan fingerprint density at radius 3 is 2.44 bits per heavy atom. The number of aromatic carboxylic acids is 1. The van der Waals surface area contributed by atoms with E-state index in [9.17, 15) is 9.59 Å². The molecule has 184 valence electrons. The van der Waals surface area contributed by atoms with Crippen LogP contribution >= 0.6 is 23.4 Å². The van der Waals surface area contributed by atoms with Crippen molar-refractivity contribution in [3.63, 3.8) is 0 Å². The van der Waals surface area contributed by atoms with Gasteiger partial charge in [-0.3, -0.25) is 4.79 Å². The molecule has 0 atom stereocenters. The SMILES string of the molecule is CCc1ccc(N=C2NC(=O)/C(=C/c3cc(Cl)c(OCc4ccc(C(=O)O)cc4)c(OC)c3)S2)cc1. The van der Waals surface area contributed by atoms with E-state index < -0.39 is 5.97 Å². The molecule has 7 nitrogen and oxygen atoms in total. The third-order valence-electron chi connectivity index (χ3n) is 5.36. The predicted molar refractivity (Wildman–Crippen MR) is 142 cm³/mol. The highest BCUT2D eigenvalue weighted by Crippen LogP contribution is 2.38. The van der Waals surface area contributed by atoms with Crippen LogP contribution in [-0.4, -0.2) is 29.3 Å². The molecule has 0 bridgehead atoms. The predicted octanol–water partition coefficient (Wildman–Crippen LogP) is 6.08. The number of nitrogens with zero attached hydrogens (tertiary/aromatic N) is 1. The molecule has 1 aliphatic rings. The molecule has 1 fully saturated rings. The number of carbonyl (C=O) groups excluding carboxylic acids is 1. The normalized spacial score (nSPS) is 15.2. The molecule has 1 aliphatic heterocycles. The van der Waals surface area contributed by atoms with Crippen LogP contribution in [0.3, 0.4) is 0 Å². The van der Waals surface area contributed by atoms with Crippen LogP contribution in [0.2, 0.25) is 5.02 Å². The van der Waals surface area contributed by atoms with Gasteiger partial charge >= 0.3 is 5.97 Å². The molecule has 0 saturated carbocycles. The molecule has 4 rings (SSSR count). The maximum atomic E-state index is 12.5. The van der Waals surface area contributed by atoms with Crippen molar-refractivity contribution >= 4 is 52.2 Å². The van der Waals surface area contributed by atoms with Crippen molar-refractivity contribution in [3.05, 3.63) is 92.8 Å². The van der Waals surface area contributed by atoms with Gasteiger partial charge in [-0.05, 0) is 77.3 Å². The first-order chi connectivity index (χ1) is 17.4. The quantitative estimate of drug-likeness (QED) is 0.348. The van der Waals surface area contributed by atoms with Crippen molar-refractivity contribution in [2.45, 2.75) is 20.0 Å². The van der Waals surface area contributed by atoms with Gasteiger partial charge < -0.3 is 19.9 Å². The number of thioether (sulfide) groups is 1. The van der Waals surface area contributed by atoms with E-state index in [1.54, 1.807) is 30.3 Å². The summed E-state index contributed by atoms with van der Waals surface area (Å²) in [7, 11) is 1.50. The Kier molecular flexibility index (Phi) is 7.97. The van der Waals surface area contributed by atoms with Crippen LogP contribution in [0.1, 0.15) is 34.0 Å². The van der Waals surface area contributed by atoms with Crippen LogP contribution in [-0.2, 0) is 17.8 Å². The largest absolute Gasteiger partial charge is 0.493 e. The van der Waals surface area contributed by atoms with Gasteiger partial charge in [0.15, 0.2) is 16.7 Å². The van der Waals surface area contributed by atoms with Gasteiger partial charge in [-0.25, -0.2) is 9.79 Å². The zero-order valence-corrected chi connectivity index (χ0v) is 21.2. The maximum absolute atomic E-state index is 12.5. The number of benzene rings is 3. The van der Waals surface area contributed by atoms with Crippen LogP contribution in [0, 0.1) is 0 Å². The Bertz CT molecular complexity index is 1350. The molecule has 0 aromatic heterocycles. The van der Waals surface area contributed by atoms with Crippen LogP contribution in [0.25, 0.3) is 6.08 Å². The van der Waals surface area contributed by atoms with E-state index in [0.717, 1.165) is 17.7 Å². The molecule has 3 aromatic carbocycles. The maximum Gasteiger partial charge on any atom is 0.335 e. The van der Waals surface area contributed by atoms with Crippen LogP contribution in [0.4, 0.5) is 5.69 Å². The number of carbonyl (C=O) groups is 2. The van der Waals surface area contributed by atoms with Crippen molar-refractivity contribution < 1.29 is 24.2 Å². The number of halogens is 1. The average molecular weight is 523 g/mol. The minimum atomic E-state index is -0.991. The lowest BCUT2D eigenvalue weighted by Gasteiger charge is -2.13. The van der Waals surface area contributed by atoms with Gasteiger partial charge in [-0.2, -0.15) is 0 Å². The second-order valence-corrected chi connectivity index (χ2v) is 9.26. The highest BCUT2D eigenvalue weighted by molar-refractivity contribution is 8.18. The average Bonchev–Trinajstić information content (AvgIpc) is 3.21. The molecule has 0 unspecified atom stereocenters. The second kappa shape index (κ2) is 11.3. The number of hydrogen-bond acceptors (Lipinski definition) is 6. The number of hydrogen-bond donors (Lipinski definition) is 2. The summed E-state index contributed by atoms with van der Waals surface area (Å²) in [4.78, 5) is 28.5. The lowest BCUT2D eigenvalue weighted by atomic mass is 10.1. The van der Waals surface area contributed by atoms with Crippen molar-refractivity contribution in [2.24, 2.45) is 4.99 Å². The highest BCUT2D eigenvalue weighted by atomic mass is 35.5. The zero-order valence-electron chi connectivity index (χ0n) is 19.6. The first-order valence-corrected chi connectivity index (χ1v) is 12.3. The molecule has 1 heterocycles. The smallest absolute Gasteiger partial charge is 0.335 e. The molecule has 1 amide bonds. The monoisotopic (exact) mass is 522 g/mol. The van der Waals surface area contributed by atoms with Crippen molar-refractivity contribution in [1.82, 2.24) is 5.32 Å². The van der Waals surface area contributed by atoms with Crippen LogP contribution in [0.5, 0.6) is 11.5 Å². The number of nitrogens with one attached hydrogen (secondary N) is 1. The Labute approximate surface area is 217 Å². The molecule has 9 heteroatoms. The van der Waals surface area contributed by atoms with E-state index in [2.05, 4.69) is 17.2 Å². The van der Waals surface area contributed by atoms with Crippen LogP contribution in [0.15, 0.2) is 70.6 Å². The molecule has 3 aromatic rings. The number of aryl methyl sites for hydroxylation is 1. The molecular formula is C27H23ClN2O5S. The van der Waals surface area contributed by atoms with E-state index in [1.165, 1.54) is 36.6 Å². The van der Waals surface area contributed by atoms with Crippen molar-refractivity contribution in [1.29, 1.82) is 0 Å². The minimum Gasteiger partial charge on any atom is -0.493 e. The second-order valence-electron chi connectivity index (χ2n) is 7.83. The third kappa shape index (κ3) is 6.08. The lowest BCUT2D eigenvalue weighted by molar-refractivity contribution is -0.115. The van der Waals surface area contributed by atoms with E-state index in [1.807, 2.05) is 24.3 Å². The Hall–Kier alpha value is -3.75. The van der Waals surface area contributed by atoms with E-state index in [-0.39, 0.29) is 18.1 Å². The summed E-state index contributed by atoms with van der Waals surface area (Å²) in [6, 6.07) is 17.7. The number of carboxylic acids is 1. The molecule has 1 saturated heterocycles. The fraction of sp³-hybridized carbons (Fsp3) is 0.148. The van der Waals surface area contributed by atoms with Crippen LogP contribution < -0.4 is 14.8 Å². The van der Waals surface area contributed by atoms with Gasteiger partial charge in [0, 0.05) is 0 Å². The number of amides is 1. The summed E-state index contributed by atoms with van der Waals surface area (Å²) in [6.45, 7) is 2.26. The lowest BCUT2D eigenvalue weighted by Crippen LogP contribution is -2.19. The van der Waals surface area contributed by atoms with Gasteiger partial charge in [0.1, 0.15) is 6.61 Å². The van der Waals surface area contributed by atoms with Crippen molar-refractivity contribution in [3.8, 4) is 11.5 Å². The summed E-state index contributed by atoms with van der Waals surface area (Å²) in [6.07, 6.45) is 2.66. The standard InChI is InChI=1S/C27H23ClN2O5S/c1-3-16-6-10-20(11-7-16)29-27-30-25(31)23(36-27)14-18-12-21(28)24(22(13-18)34-2)35-15-17-4-8-19(9-5-17)26(32)33/h4-14H,3,15H2,1-2H3,(H,32,33)(H,29,30,31)/b23-14-. The highest BCUT2D eigenvalue weighted by Gasteiger charge is 2.24. The van der Waals surface area contributed by atoms with E-state index >= 15 is 0 Å². The topological polar surface area (TPSA) is 97.2 Å². The summed E-state index contributed by atoms with van der Waals surface area (Å²) in [5, 5.41) is 12.6. The summed E-state index contributed by atoms with van der Waals surface area (Å²) >= 11 is 7.73. The molecule has 0 aliphatic carbocycles. The minimum absolute atomic E-state index is 0.174. The number of ether oxygens (including phenoxy) is 2. The number of aliphatic imine (C=N–C) groups is 1. The molecular weight excluding hydrogens is 500 g/mol. The first-order valence-electron chi connectivity index (χ1n) is 11.1. The number of carboxylic acid groups (broad SMARTS) is 1. The van der Waals surface area contributed by atoms with Gasteiger partial charge in [-0.15, -0.1) is 0 Å². The molecule has 0 radical (unpaired) electrons. The summed E-state index contributed by atoms with van der Waals surface area (Å²) < 4.78 is 11.3. The summed E-state index contributed by atoms with van der Waals surface area (Å²) in [5.74, 6) is -0.478. The van der Waals surface area contributed by atoms with Crippen molar-refractivity contribution in [2.75, 3.05) is 7.11 Å². The number of amidine groups is 1. The van der Waals surface area contributed by atoms with E-state index in [4.69, 9.17) is 26.2 Å². The number of methoxy groups -OCH3 is 1. The fourth-order valence-corrected chi connectivity index (χ4v) is 4.53. The Morgan fingerprint density at radius 2 is 1.81 bits per heavy atom. The van der Waals surface area contributed by atoms with Gasteiger partial charge in [0.2, 0.25) is 0 Å². The first kappa shape index (κ1) is 25.3. The zero-order chi connectivity index (χ0) is 25.7. The summed E-state index contributed by atoms with van der Waals surface area (Å²) in [5.41, 5.74) is 3.63. The molecule has 0 spiro atoms. The Balaban J connectivity index is 1.49. The Morgan fingerprint density at radius 1 is 1.11 bits per heavy atom. The van der Waals surface area contributed by atoms with Gasteiger partial charge in [-0.1, -0.05) is 42.8 Å². The number of rotatable bonds is 8.